The SMILES string of the molecule is CN(C)C(=O)CC1CC2(CCN(C(=O)CC3CCCC3)CC2)c2ccccc21. The predicted molar refractivity (Wildman–Crippen MR) is 111 cm³/mol. The number of hydrogen-bond acceptors (Lipinski definition) is 2. The van der Waals surface area contributed by atoms with Gasteiger partial charge in [-0.2, -0.15) is 0 Å². The molecule has 2 aliphatic carbocycles. The molecular formula is C24H34N2O2. The Morgan fingerprint density at radius 1 is 1.07 bits per heavy atom. The number of nitrogens with zero attached hydrogens (tertiary/aromatic N) is 2. The average Bonchev–Trinajstić information content (AvgIpc) is 3.30. The van der Waals surface area contributed by atoms with Crippen molar-refractivity contribution in [3.8, 4) is 0 Å². The molecule has 0 aromatic heterocycles. The molecule has 2 amide bonds. The summed E-state index contributed by atoms with van der Waals surface area (Å²) in [5.41, 5.74) is 2.95. The molecule has 1 aromatic carbocycles. The lowest BCUT2D eigenvalue weighted by molar-refractivity contribution is -0.133. The summed E-state index contributed by atoms with van der Waals surface area (Å²) in [6.07, 6.45) is 9.53. The van der Waals surface area contributed by atoms with Gasteiger partial charge in [0, 0.05) is 40.0 Å². The molecule has 4 nitrogen and oxygen atoms in total. The molecule has 28 heavy (non-hydrogen) atoms. The van der Waals surface area contributed by atoms with Crippen molar-refractivity contribution < 1.29 is 9.59 Å². The Morgan fingerprint density at radius 2 is 1.75 bits per heavy atom. The van der Waals surface area contributed by atoms with E-state index >= 15 is 0 Å². The van der Waals surface area contributed by atoms with Crippen molar-refractivity contribution in [2.24, 2.45) is 5.92 Å². The predicted octanol–water partition coefficient (Wildman–Crippen LogP) is 4.09. The van der Waals surface area contributed by atoms with Gasteiger partial charge >= 0.3 is 0 Å². The molecule has 1 saturated heterocycles. The Bertz CT molecular complexity index is 728. The second-order valence-corrected chi connectivity index (χ2v) is 9.50. The lowest BCUT2D eigenvalue weighted by atomic mass is 9.73. The van der Waals surface area contributed by atoms with E-state index in [1.807, 2.05) is 14.1 Å². The van der Waals surface area contributed by atoms with Crippen LogP contribution in [0.1, 0.15) is 74.8 Å². The fraction of sp³-hybridized carbons (Fsp3) is 0.667. The number of piperidine rings is 1. The molecular weight excluding hydrogens is 348 g/mol. The highest BCUT2D eigenvalue weighted by Gasteiger charge is 2.46. The van der Waals surface area contributed by atoms with Gasteiger partial charge in [-0.15, -0.1) is 0 Å². The summed E-state index contributed by atoms with van der Waals surface area (Å²) in [5.74, 6) is 1.51. The minimum absolute atomic E-state index is 0.151. The molecule has 1 unspecified atom stereocenters. The fourth-order valence-electron chi connectivity index (χ4n) is 5.85. The number of carbonyl (C=O) groups excluding carboxylic acids is 2. The van der Waals surface area contributed by atoms with Crippen LogP contribution in [0.5, 0.6) is 0 Å². The number of carbonyl (C=O) groups is 2. The van der Waals surface area contributed by atoms with Gasteiger partial charge < -0.3 is 9.80 Å². The largest absolute Gasteiger partial charge is 0.349 e. The highest BCUT2D eigenvalue weighted by molar-refractivity contribution is 5.77. The van der Waals surface area contributed by atoms with Crippen LogP contribution < -0.4 is 0 Å². The molecule has 152 valence electrons. The average molecular weight is 383 g/mol. The molecule has 0 bridgehead atoms. The lowest BCUT2D eigenvalue weighted by Crippen LogP contribution is -2.44. The third-order valence-electron chi connectivity index (χ3n) is 7.54. The van der Waals surface area contributed by atoms with Crippen molar-refractivity contribution in [2.75, 3.05) is 27.2 Å². The molecule has 3 aliphatic rings. The van der Waals surface area contributed by atoms with Crippen LogP contribution >= 0.6 is 0 Å². The minimum Gasteiger partial charge on any atom is -0.349 e. The minimum atomic E-state index is 0.151. The van der Waals surface area contributed by atoms with Gasteiger partial charge in [-0.05, 0) is 60.5 Å². The van der Waals surface area contributed by atoms with Crippen LogP contribution in [-0.4, -0.2) is 48.8 Å². The van der Waals surface area contributed by atoms with E-state index in [9.17, 15) is 9.59 Å². The smallest absolute Gasteiger partial charge is 0.222 e. The first-order valence-corrected chi connectivity index (χ1v) is 11.1. The Kier molecular flexibility index (Phi) is 5.48. The number of likely N-dealkylation sites (tertiary alicyclic amines) is 1. The van der Waals surface area contributed by atoms with Gasteiger partial charge in [0.05, 0.1) is 0 Å². The maximum absolute atomic E-state index is 12.8. The maximum Gasteiger partial charge on any atom is 0.222 e. The van der Waals surface area contributed by atoms with Gasteiger partial charge in [-0.25, -0.2) is 0 Å². The van der Waals surface area contributed by atoms with E-state index in [0.29, 0.717) is 24.2 Å². The summed E-state index contributed by atoms with van der Waals surface area (Å²) < 4.78 is 0. The van der Waals surface area contributed by atoms with Crippen LogP contribution in [-0.2, 0) is 15.0 Å². The van der Waals surface area contributed by atoms with Crippen LogP contribution in [0.25, 0.3) is 0 Å². The first-order valence-electron chi connectivity index (χ1n) is 11.1. The van der Waals surface area contributed by atoms with E-state index in [0.717, 1.165) is 38.8 Å². The standard InChI is InChI=1S/C24H34N2O2/c1-25(2)22(27)16-19-17-24(21-10-6-5-9-20(19)21)11-13-26(14-12-24)23(28)15-18-7-3-4-8-18/h5-6,9-10,18-19H,3-4,7-8,11-17H2,1-2H3. The van der Waals surface area contributed by atoms with E-state index in [1.54, 1.807) is 4.90 Å². The van der Waals surface area contributed by atoms with Crippen molar-refractivity contribution in [1.82, 2.24) is 9.80 Å². The van der Waals surface area contributed by atoms with Gasteiger partial charge in [0.25, 0.3) is 0 Å². The lowest BCUT2D eigenvalue weighted by Gasteiger charge is -2.40. The topological polar surface area (TPSA) is 40.6 Å². The van der Waals surface area contributed by atoms with E-state index < -0.39 is 0 Å². The van der Waals surface area contributed by atoms with Crippen molar-refractivity contribution in [3.05, 3.63) is 35.4 Å². The molecule has 1 atom stereocenters. The fourth-order valence-corrected chi connectivity index (χ4v) is 5.85. The van der Waals surface area contributed by atoms with Crippen molar-refractivity contribution in [3.63, 3.8) is 0 Å². The summed E-state index contributed by atoms with van der Waals surface area (Å²) in [5, 5.41) is 0. The molecule has 4 heteroatoms. The van der Waals surface area contributed by atoms with Crippen molar-refractivity contribution in [2.45, 2.75) is 69.1 Å². The normalized spacial score (nSPS) is 23.8. The molecule has 1 aromatic rings. The van der Waals surface area contributed by atoms with Crippen LogP contribution in [0.2, 0.25) is 0 Å². The highest BCUT2D eigenvalue weighted by Crippen LogP contribution is 2.52. The first kappa shape index (κ1) is 19.5. The zero-order valence-corrected chi connectivity index (χ0v) is 17.5. The Hall–Kier alpha value is -1.84. The third kappa shape index (κ3) is 3.70. The Morgan fingerprint density at radius 3 is 2.43 bits per heavy atom. The number of hydrogen-bond donors (Lipinski definition) is 0. The van der Waals surface area contributed by atoms with Gasteiger partial charge in [0.15, 0.2) is 0 Å². The van der Waals surface area contributed by atoms with E-state index in [4.69, 9.17) is 0 Å². The summed E-state index contributed by atoms with van der Waals surface area (Å²) in [6.45, 7) is 1.74. The molecule has 2 fully saturated rings. The van der Waals surface area contributed by atoms with Crippen molar-refractivity contribution >= 4 is 11.8 Å². The van der Waals surface area contributed by atoms with Gasteiger partial charge in [0.2, 0.25) is 11.8 Å². The Balaban J connectivity index is 1.44. The number of fused-ring (bicyclic) bond motifs is 2. The molecule has 1 saturated carbocycles. The van der Waals surface area contributed by atoms with E-state index in [1.165, 1.54) is 36.8 Å². The number of amides is 2. The summed E-state index contributed by atoms with van der Waals surface area (Å²) in [6, 6.07) is 8.72. The summed E-state index contributed by atoms with van der Waals surface area (Å²) in [7, 11) is 3.68. The van der Waals surface area contributed by atoms with Crippen LogP contribution in [0.4, 0.5) is 0 Å². The maximum atomic E-state index is 12.8. The van der Waals surface area contributed by atoms with Crippen molar-refractivity contribution in [1.29, 1.82) is 0 Å². The van der Waals surface area contributed by atoms with E-state index in [2.05, 4.69) is 29.2 Å². The van der Waals surface area contributed by atoms with Crippen LogP contribution in [0.15, 0.2) is 24.3 Å². The first-order chi connectivity index (χ1) is 13.5. The molecule has 1 aliphatic heterocycles. The quantitative estimate of drug-likeness (QED) is 0.787. The van der Waals surface area contributed by atoms with Crippen LogP contribution in [0.3, 0.4) is 0 Å². The second kappa shape index (κ2) is 7.88. The zero-order valence-electron chi connectivity index (χ0n) is 17.5. The van der Waals surface area contributed by atoms with Gasteiger partial charge in [-0.1, -0.05) is 37.1 Å². The zero-order chi connectivity index (χ0) is 19.7. The second-order valence-electron chi connectivity index (χ2n) is 9.50. The highest BCUT2D eigenvalue weighted by atomic mass is 16.2. The van der Waals surface area contributed by atoms with E-state index in [-0.39, 0.29) is 11.3 Å². The monoisotopic (exact) mass is 382 g/mol. The van der Waals surface area contributed by atoms with Gasteiger partial charge in [0.1, 0.15) is 0 Å². The summed E-state index contributed by atoms with van der Waals surface area (Å²) >= 11 is 0. The van der Waals surface area contributed by atoms with Crippen LogP contribution in [0, 0.1) is 5.92 Å². The molecule has 1 heterocycles. The Labute approximate surface area is 169 Å². The molecule has 0 N–H and O–H groups in total. The number of rotatable bonds is 4. The number of benzene rings is 1. The van der Waals surface area contributed by atoms with Gasteiger partial charge in [-0.3, -0.25) is 9.59 Å². The summed E-state index contributed by atoms with van der Waals surface area (Å²) in [4.78, 5) is 28.9. The third-order valence-corrected chi connectivity index (χ3v) is 7.54. The molecule has 4 rings (SSSR count). The molecule has 0 radical (unpaired) electrons. The molecule has 1 spiro atoms.